The molecule has 0 fully saturated rings. The third kappa shape index (κ3) is 71.9. The van der Waals surface area contributed by atoms with E-state index in [0.29, 0.717) is 25.7 Å². The molecule has 0 saturated carbocycles. The Bertz CT molecular complexity index is 1970. The highest BCUT2D eigenvalue weighted by Crippen LogP contribution is 2.45. The first kappa shape index (κ1) is 95.5. The number of phosphoric ester groups is 2. The summed E-state index contributed by atoms with van der Waals surface area (Å²) in [6, 6.07) is 0. The Morgan fingerprint density at radius 3 is 0.837 bits per heavy atom. The van der Waals surface area contributed by atoms with Crippen molar-refractivity contribution in [3.8, 4) is 0 Å². The lowest BCUT2D eigenvalue weighted by Crippen LogP contribution is -2.30. The van der Waals surface area contributed by atoms with Crippen LogP contribution in [-0.4, -0.2) is 96.7 Å². The van der Waals surface area contributed by atoms with Gasteiger partial charge in [0.25, 0.3) is 0 Å². The van der Waals surface area contributed by atoms with E-state index in [9.17, 15) is 43.2 Å². The van der Waals surface area contributed by atoms with Crippen molar-refractivity contribution < 1.29 is 80.2 Å². The maximum Gasteiger partial charge on any atom is 0.472 e. The van der Waals surface area contributed by atoms with E-state index in [1.54, 1.807) is 0 Å². The van der Waals surface area contributed by atoms with Crippen molar-refractivity contribution >= 4 is 39.5 Å². The van der Waals surface area contributed by atoms with E-state index in [2.05, 4.69) is 58.9 Å². The van der Waals surface area contributed by atoms with Crippen molar-refractivity contribution in [1.29, 1.82) is 0 Å². The molecule has 0 aliphatic heterocycles. The van der Waals surface area contributed by atoms with Crippen LogP contribution in [0, 0.1) is 5.92 Å². The molecule has 0 aromatic heterocycles. The molecule has 98 heavy (non-hydrogen) atoms. The van der Waals surface area contributed by atoms with E-state index in [0.717, 1.165) is 115 Å². The molecule has 0 saturated heterocycles. The number of carbonyl (C=O) groups is 4. The number of ether oxygens (including phenoxy) is 4. The van der Waals surface area contributed by atoms with Crippen LogP contribution < -0.4 is 0 Å². The minimum atomic E-state index is -4.97. The largest absolute Gasteiger partial charge is 0.472 e. The second-order valence-corrected chi connectivity index (χ2v) is 31.2. The van der Waals surface area contributed by atoms with Crippen molar-refractivity contribution in [2.75, 3.05) is 39.6 Å². The smallest absolute Gasteiger partial charge is 0.462 e. The van der Waals surface area contributed by atoms with Gasteiger partial charge in [0.2, 0.25) is 0 Å². The fourth-order valence-corrected chi connectivity index (χ4v) is 13.3. The molecule has 0 bridgehead atoms. The monoisotopic (exact) mass is 1430 g/mol. The lowest BCUT2D eigenvalue weighted by molar-refractivity contribution is -0.161. The first-order valence-electron chi connectivity index (χ1n) is 40.5. The van der Waals surface area contributed by atoms with Gasteiger partial charge < -0.3 is 33.8 Å². The quantitative estimate of drug-likeness (QED) is 0.0169. The number of hydrogen-bond donors (Lipinski definition) is 3. The number of phosphoric acid groups is 2. The van der Waals surface area contributed by atoms with Crippen molar-refractivity contribution in [3.63, 3.8) is 0 Å². The fourth-order valence-electron chi connectivity index (χ4n) is 11.7. The van der Waals surface area contributed by atoms with Crippen molar-refractivity contribution in [1.82, 2.24) is 0 Å². The van der Waals surface area contributed by atoms with Gasteiger partial charge in [-0.15, -0.1) is 0 Å². The molecule has 3 N–H and O–H groups in total. The van der Waals surface area contributed by atoms with Gasteiger partial charge in [0.05, 0.1) is 26.4 Å². The Morgan fingerprint density at radius 1 is 0.316 bits per heavy atom. The summed E-state index contributed by atoms with van der Waals surface area (Å²) in [6.07, 6.45) is 64.4. The summed E-state index contributed by atoms with van der Waals surface area (Å²) in [5.74, 6) is -1.34. The van der Waals surface area contributed by atoms with Gasteiger partial charge in [-0.1, -0.05) is 341 Å². The molecule has 0 aromatic rings. The number of hydrogen-bond acceptors (Lipinski definition) is 15. The van der Waals surface area contributed by atoms with Gasteiger partial charge in [0, 0.05) is 25.7 Å². The molecular weight excluding hydrogens is 1280 g/mol. The second-order valence-electron chi connectivity index (χ2n) is 28.2. The van der Waals surface area contributed by atoms with Crippen LogP contribution in [0.25, 0.3) is 0 Å². The zero-order valence-electron chi connectivity index (χ0n) is 63.4. The highest BCUT2D eigenvalue weighted by molar-refractivity contribution is 7.47. The van der Waals surface area contributed by atoms with Gasteiger partial charge in [-0.05, 0) is 57.3 Å². The summed E-state index contributed by atoms with van der Waals surface area (Å²) in [6.45, 7) is 7.28. The Labute approximate surface area is 599 Å². The lowest BCUT2D eigenvalue weighted by atomic mass is 10.0. The minimum absolute atomic E-state index is 0.101. The van der Waals surface area contributed by atoms with Gasteiger partial charge in [-0.2, -0.15) is 0 Å². The summed E-state index contributed by atoms with van der Waals surface area (Å²) >= 11 is 0. The number of unbranched alkanes of at least 4 members (excludes halogenated alkanes) is 46. The van der Waals surface area contributed by atoms with E-state index in [1.165, 1.54) is 199 Å². The van der Waals surface area contributed by atoms with Crippen LogP contribution in [0.15, 0.2) is 24.3 Å². The van der Waals surface area contributed by atoms with Gasteiger partial charge in [-0.3, -0.25) is 37.3 Å². The van der Waals surface area contributed by atoms with Crippen LogP contribution in [0.5, 0.6) is 0 Å². The van der Waals surface area contributed by atoms with Crippen molar-refractivity contribution in [2.24, 2.45) is 5.92 Å². The average molecular weight is 1430 g/mol. The van der Waals surface area contributed by atoms with Crippen molar-refractivity contribution in [3.05, 3.63) is 24.3 Å². The van der Waals surface area contributed by atoms with E-state index in [1.807, 2.05) is 0 Å². The summed E-state index contributed by atoms with van der Waals surface area (Å²) in [5.41, 5.74) is 0. The Hall–Kier alpha value is -2.46. The molecule has 19 heteroatoms. The zero-order chi connectivity index (χ0) is 71.9. The standard InChI is InChI=1S/C79H150O17P2/c1-6-9-12-15-18-21-24-27-29-34-38-43-48-53-58-63-77(82)90-69-75(96-79(84)65-60-55-50-45-40-35-31-28-30-33-36-41-46-51-56-61-72(4)5)71-94-98(87,88)92-67-73(80)66-91-97(85,86)93-70-74(68-89-76(81)62-57-52-47-42-37-26-23-20-17-14-11-8-3)95-78(83)64-59-54-49-44-39-32-25-22-19-16-13-10-7-2/h21,24,27,29,72-75,80H,6-20,22-23,25-26,28,30-71H2,1-5H3,(H,85,86)(H,87,88)/b24-21-,29-27-/t73-,74+,75+/m0/s1. The van der Waals surface area contributed by atoms with E-state index < -0.39 is 97.5 Å². The Kier molecular flexibility index (Phi) is 69.7. The first-order chi connectivity index (χ1) is 47.5. The van der Waals surface area contributed by atoms with Crippen LogP contribution in [0.4, 0.5) is 0 Å². The Morgan fingerprint density at radius 2 is 0.551 bits per heavy atom. The lowest BCUT2D eigenvalue weighted by Gasteiger charge is -2.21. The number of aliphatic hydroxyl groups excluding tert-OH is 1. The minimum Gasteiger partial charge on any atom is -0.462 e. The van der Waals surface area contributed by atoms with Crippen LogP contribution in [0.3, 0.4) is 0 Å². The SMILES string of the molecule is CCCCCC/C=C\C=C/CCCCCCCC(=O)OC[C@H](COP(=O)(O)OC[C@@H](O)COP(=O)(O)OC[C@@H](COC(=O)CCCCCCCCCCCCCC)OC(=O)CCCCCCCCCCCCCCC)OC(=O)CCCCCCCCCCCCCCCCCC(C)C. The number of aliphatic hydroxyl groups is 1. The summed E-state index contributed by atoms with van der Waals surface area (Å²) in [5, 5.41) is 10.6. The third-order valence-electron chi connectivity index (χ3n) is 17.9. The van der Waals surface area contributed by atoms with E-state index >= 15 is 0 Å². The number of allylic oxidation sites excluding steroid dienone is 4. The summed E-state index contributed by atoms with van der Waals surface area (Å²) in [4.78, 5) is 72.9. The van der Waals surface area contributed by atoms with Crippen LogP contribution in [0.1, 0.15) is 394 Å². The molecule has 0 aromatic carbocycles. The van der Waals surface area contributed by atoms with Gasteiger partial charge in [0.1, 0.15) is 19.3 Å². The van der Waals surface area contributed by atoms with Crippen LogP contribution in [0.2, 0.25) is 0 Å². The average Bonchev–Trinajstić information content (AvgIpc) is 1.14. The molecule has 5 atom stereocenters. The fraction of sp³-hybridized carbons (Fsp3) is 0.899. The number of esters is 4. The molecule has 578 valence electrons. The topological polar surface area (TPSA) is 237 Å². The maximum absolute atomic E-state index is 13.1. The highest BCUT2D eigenvalue weighted by atomic mass is 31.2. The highest BCUT2D eigenvalue weighted by Gasteiger charge is 2.30. The summed E-state index contributed by atoms with van der Waals surface area (Å²) in [7, 11) is -9.93. The summed E-state index contributed by atoms with van der Waals surface area (Å²) < 4.78 is 68.6. The van der Waals surface area contributed by atoms with Crippen molar-refractivity contribution in [2.45, 2.75) is 412 Å². The predicted molar refractivity (Wildman–Crippen MR) is 400 cm³/mol. The molecular formula is C79H150O17P2. The molecule has 0 spiro atoms. The van der Waals surface area contributed by atoms with Gasteiger partial charge in [0.15, 0.2) is 12.2 Å². The normalized spacial score (nSPS) is 14.1. The van der Waals surface area contributed by atoms with Gasteiger partial charge in [-0.25, -0.2) is 9.13 Å². The van der Waals surface area contributed by atoms with E-state index in [4.69, 9.17) is 37.0 Å². The molecule has 0 heterocycles. The maximum atomic E-state index is 13.1. The van der Waals surface area contributed by atoms with Gasteiger partial charge >= 0.3 is 39.5 Å². The predicted octanol–water partition coefficient (Wildman–Crippen LogP) is 23.2. The molecule has 0 aliphatic carbocycles. The number of rotatable bonds is 77. The Balaban J connectivity index is 5.29. The molecule has 17 nitrogen and oxygen atoms in total. The molecule has 2 unspecified atom stereocenters. The zero-order valence-corrected chi connectivity index (χ0v) is 65.2. The molecule has 0 radical (unpaired) electrons. The molecule has 0 amide bonds. The van der Waals surface area contributed by atoms with Crippen LogP contribution >= 0.6 is 15.6 Å². The van der Waals surface area contributed by atoms with E-state index in [-0.39, 0.29) is 25.7 Å². The first-order valence-corrected chi connectivity index (χ1v) is 43.4. The number of carbonyl (C=O) groups excluding carboxylic acids is 4. The molecule has 0 rings (SSSR count). The third-order valence-corrected chi connectivity index (χ3v) is 19.8. The second kappa shape index (κ2) is 71.5. The molecule has 0 aliphatic rings. The van der Waals surface area contributed by atoms with Crippen LogP contribution in [-0.2, 0) is 65.4 Å².